The highest BCUT2D eigenvalue weighted by Gasteiger charge is 2.12. The second kappa shape index (κ2) is 6.68. The Bertz CT molecular complexity index is 500. The molecule has 1 aromatic rings. The van der Waals surface area contributed by atoms with Crippen molar-refractivity contribution in [2.75, 3.05) is 11.5 Å². The van der Waals surface area contributed by atoms with Crippen LogP contribution in [0.1, 0.15) is 36.9 Å². The van der Waals surface area contributed by atoms with Gasteiger partial charge in [0.2, 0.25) is 0 Å². The third kappa shape index (κ3) is 4.71. The van der Waals surface area contributed by atoms with Gasteiger partial charge >= 0.3 is 0 Å². The summed E-state index contributed by atoms with van der Waals surface area (Å²) in [6, 6.07) is 5.92. The average Bonchev–Trinajstić information content (AvgIpc) is 2.32. The van der Waals surface area contributed by atoms with Crippen molar-refractivity contribution in [3.05, 3.63) is 33.8 Å². The number of benzene rings is 1. The summed E-state index contributed by atoms with van der Waals surface area (Å²) in [7, 11) is -2.88. The van der Waals surface area contributed by atoms with E-state index in [2.05, 4.69) is 15.9 Å². The minimum absolute atomic E-state index is 0.119. The van der Waals surface area contributed by atoms with Crippen LogP contribution in [-0.2, 0) is 9.84 Å². The molecule has 0 aliphatic carbocycles. The molecule has 0 amide bonds. The first-order valence-electron chi connectivity index (χ1n) is 6.08. The molecule has 0 aliphatic rings. The van der Waals surface area contributed by atoms with E-state index in [0.29, 0.717) is 12.8 Å². The highest BCUT2D eigenvalue weighted by atomic mass is 79.9. The largest absolute Gasteiger partial charge is 0.324 e. The predicted octanol–water partition coefficient (Wildman–Crippen LogP) is 2.97. The van der Waals surface area contributed by atoms with Crippen molar-refractivity contribution in [2.24, 2.45) is 5.73 Å². The zero-order valence-corrected chi connectivity index (χ0v) is 13.2. The summed E-state index contributed by atoms with van der Waals surface area (Å²) in [5.74, 6) is 0.428. The fourth-order valence-electron chi connectivity index (χ4n) is 1.77. The first kappa shape index (κ1) is 15.7. The molecule has 3 nitrogen and oxygen atoms in total. The molecule has 0 saturated carbocycles. The average molecular weight is 334 g/mol. The van der Waals surface area contributed by atoms with Crippen LogP contribution in [0.5, 0.6) is 0 Å². The first-order chi connectivity index (χ1) is 8.35. The number of nitrogens with two attached hydrogens (primary N) is 1. The highest BCUT2D eigenvalue weighted by molar-refractivity contribution is 9.10. The van der Waals surface area contributed by atoms with E-state index in [9.17, 15) is 8.42 Å². The van der Waals surface area contributed by atoms with Gasteiger partial charge in [-0.3, -0.25) is 0 Å². The Hall–Kier alpha value is -0.390. The van der Waals surface area contributed by atoms with Gasteiger partial charge in [-0.2, -0.15) is 0 Å². The van der Waals surface area contributed by atoms with Crippen molar-refractivity contribution in [1.82, 2.24) is 0 Å². The summed E-state index contributed by atoms with van der Waals surface area (Å²) in [5, 5.41) is 0. The number of hydrogen-bond acceptors (Lipinski definition) is 3. The topological polar surface area (TPSA) is 60.2 Å². The Balaban J connectivity index is 2.61. The lowest BCUT2D eigenvalue weighted by atomic mass is 10.0. The fraction of sp³-hybridized carbons (Fsp3) is 0.538. The standard InChI is InChI=1S/C13H20BrNO2S/c1-3-18(16,17)8-4-5-13(15)11-9-10(2)6-7-12(11)14/h6-7,9,13H,3-5,8,15H2,1-2H3. The normalized spacial score (nSPS) is 13.6. The van der Waals surface area contributed by atoms with Gasteiger partial charge in [0.05, 0.1) is 5.75 Å². The first-order valence-corrected chi connectivity index (χ1v) is 8.69. The maximum atomic E-state index is 11.4. The SMILES string of the molecule is CCS(=O)(=O)CCCC(N)c1cc(C)ccc1Br. The van der Waals surface area contributed by atoms with E-state index < -0.39 is 9.84 Å². The van der Waals surface area contributed by atoms with E-state index in [1.54, 1.807) is 6.92 Å². The molecule has 5 heteroatoms. The zero-order chi connectivity index (χ0) is 13.8. The molecule has 0 heterocycles. The summed E-state index contributed by atoms with van der Waals surface area (Å²) in [6.07, 6.45) is 1.29. The molecule has 1 aromatic carbocycles. The van der Waals surface area contributed by atoms with Crippen LogP contribution in [0.2, 0.25) is 0 Å². The lowest BCUT2D eigenvalue weighted by molar-refractivity contribution is 0.583. The number of sulfone groups is 1. The van der Waals surface area contributed by atoms with Crippen LogP contribution in [-0.4, -0.2) is 19.9 Å². The quantitative estimate of drug-likeness (QED) is 0.870. The third-order valence-electron chi connectivity index (χ3n) is 2.96. The van der Waals surface area contributed by atoms with Crippen molar-refractivity contribution < 1.29 is 8.42 Å². The summed E-state index contributed by atoms with van der Waals surface area (Å²) < 4.78 is 23.8. The van der Waals surface area contributed by atoms with Crippen LogP contribution < -0.4 is 5.73 Å². The second-order valence-corrected chi connectivity index (χ2v) is 7.84. The Morgan fingerprint density at radius 1 is 1.39 bits per heavy atom. The molecule has 0 aliphatic heterocycles. The molecule has 0 fully saturated rings. The predicted molar refractivity (Wildman–Crippen MR) is 79.4 cm³/mol. The van der Waals surface area contributed by atoms with E-state index in [4.69, 9.17) is 5.73 Å². The molecule has 102 valence electrons. The Labute approximate surface area is 118 Å². The lowest BCUT2D eigenvalue weighted by Crippen LogP contribution is -2.14. The molecule has 0 bridgehead atoms. The van der Waals surface area contributed by atoms with E-state index in [1.165, 1.54) is 0 Å². The maximum Gasteiger partial charge on any atom is 0.150 e. The number of rotatable bonds is 6. The number of aryl methyl sites for hydroxylation is 1. The molecule has 1 unspecified atom stereocenters. The van der Waals surface area contributed by atoms with Gasteiger partial charge in [0.15, 0.2) is 0 Å². The zero-order valence-electron chi connectivity index (χ0n) is 10.8. The van der Waals surface area contributed by atoms with E-state index in [0.717, 1.165) is 15.6 Å². The van der Waals surface area contributed by atoms with Crippen molar-refractivity contribution in [1.29, 1.82) is 0 Å². The van der Waals surface area contributed by atoms with Gasteiger partial charge in [0.1, 0.15) is 9.84 Å². The Kier molecular flexibility index (Phi) is 5.82. The molecule has 0 radical (unpaired) electrons. The molecular formula is C13H20BrNO2S. The summed E-state index contributed by atoms with van der Waals surface area (Å²) in [6.45, 7) is 3.69. The summed E-state index contributed by atoms with van der Waals surface area (Å²) >= 11 is 3.48. The van der Waals surface area contributed by atoms with E-state index in [1.807, 2.05) is 25.1 Å². The number of halogens is 1. The van der Waals surface area contributed by atoms with Crippen LogP contribution in [0.15, 0.2) is 22.7 Å². The molecule has 1 atom stereocenters. The third-order valence-corrected chi connectivity index (χ3v) is 5.47. The van der Waals surface area contributed by atoms with Crippen molar-refractivity contribution in [3.8, 4) is 0 Å². The monoisotopic (exact) mass is 333 g/mol. The van der Waals surface area contributed by atoms with Gasteiger partial charge in [0, 0.05) is 16.3 Å². The summed E-state index contributed by atoms with van der Waals surface area (Å²) in [5.41, 5.74) is 8.31. The van der Waals surface area contributed by atoms with Crippen LogP contribution in [0, 0.1) is 6.92 Å². The smallest absolute Gasteiger partial charge is 0.150 e. The minimum atomic E-state index is -2.88. The molecule has 1 rings (SSSR count). The number of hydrogen-bond donors (Lipinski definition) is 1. The maximum absolute atomic E-state index is 11.4. The van der Waals surface area contributed by atoms with E-state index in [-0.39, 0.29) is 17.5 Å². The van der Waals surface area contributed by atoms with Crippen LogP contribution >= 0.6 is 15.9 Å². The molecule has 18 heavy (non-hydrogen) atoms. The highest BCUT2D eigenvalue weighted by Crippen LogP contribution is 2.26. The molecule has 0 saturated heterocycles. The molecular weight excluding hydrogens is 314 g/mol. The second-order valence-electron chi connectivity index (χ2n) is 4.51. The van der Waals surface area contributed by atoms with Gasteiger partial charge in [-0.25, -0.2) is 8.42 Å². The molecule has 2 N–H and O–H groups in total. The molecule has 0 spiro atoms. The fourth-order valence-corrected chi connectivity index (χ4v) is 3.21. The van der Waals surface area contributed by atoms with Crippen molar-refractivity contribution in [2.45, 2.75) is 32.7 Å². The minimum Gasteiger partial charge on any atom is -0.324 e. The van der Waals surface area contributed by atoms with Gasteiger partial charge in [-0.05, 0) is 31.4 Å². The van der Waals surface area contributed by atoms with Crippen molar-refractivity contribution >= 4 is 25.8 Å². The van der Waals surface area contributed by atoms with Gasteiger partial charge in [-0.15, -0.1) is 0 Å². The Morgan fingerprint density at radius 2 is 2.06 bits per heavy atom. The van der Waals surface area contributed by atoms with Crippen molar-refractivity contribution in [3.63, 3.8) is 0 Å². The van der Waals surface area contributed by atoms with Crippen LogP contribution in [0.4, 0.5) is 0 Å². The Morgan fingerprint density at radius 3 is 2.67 bits per heavy atom. The van der Waals surface area contributed by atoms with Crippen LogP contribution in [0.25, 0.3) is 0 Å². The molecule has 0 aromatic heterocycles. The van der Waals surface area contributed by atoms with Crippen LogP contribution in [0.3, 0.4) is 0 Å². The summed E-state index contributed by atoms with van der Waals surface area (Å²) in [4.78, 5) is 0. The van der Waals surface area contributed by atoms with Gasteiger partial charge < -0.3 is 5.73 Å². The van der Waals surface area contributed by atoms with Gasteiger partial charge in [0.25, 0.3) is 0 Å². The van der Waals surface area contributed by atoms with E-state index >= 15 is 0 Å². The van der Waals surface area contributed by atoms with Gasteiger partial charge in [-0.1, -0.05) is 40.5 Å². The lowest BCUT2D eigenvalue weighted by Gasteiger charge is -2.14.